The number of likely N-dealkylation sites (N-methyl/N-ethyl adjacent to an activating group) is 1. The number of unbranched alkanes of at least 4 members (excludes halogenated alkanes) is 42. The molecule has 9 heteroatoms. The van der Waals surface area contributed by atoms with Crippen LogP contribution in [0.5, 0.6) is 0 Å². The Kier molecular flexibility index (Phi) is 51.5. The molecule has 0 aliphatic carbocycles. The molecule has 0 saturated carbocycles. The van der Waals surface area contributed by atoms with E-state index in [2.05, 4.69) is 31.3 Å². The first kappa shape index (κ1) is 68.2. The number of hydrogen-bond acceptors (Lipinski definition) is 6. The molecule has 69 heavy (non-hydrogen) atoms. The Labute approximate surface area is 431 Å². The molecule has 0 heterocycles. The van der Waals surface area contributed by atoms with Gasteiger partial charge in [0.15, 0.2) is 0 Å². The molecule has 412 valence electrons. The highest BCUT2D eigenvalue weighted by Gasteiger charge is 2.24. The number of aliphatic hydroxyl groups excluding tert-OH is 1. The third kappa shape index (κ3) is 54.8. The number of nitrogens with zero attached hydrogens (tertiary/aromatic N) is 1. The quantitative estimate of drug-likeness (QED) is 0.0272. The molecular formula is C60H121N2O6P. The van der Waals surface area contributed by atoms with E-state index in [1.807, 2.05) is 21.1 Å². The number of amides is 1. The standard InChI is InChI=1S/C60H121N2O6P/c1-6-8-10-12-14-16-18-20-22-24-26-27-28-29-30-31-32-33-34-35-36-38-40-42-44-46-48-50-52-54-60(64)61-58(57-68-69(65,66)67-56-55-62(3,4)5)59(63)53-51-49-47-45-43-41-39-37-25-23-21-19-17-15-13-11-9-7-2/h24,26,58-59,63H,6-23,25,27-57H2,1-5H3,(H-,61,64,65,66)/b26-24-. The zero-order valence-corrected chi connectivity index (χ0v) is 47.9. The van der Waals surface area contributed by atoms with E-state index in [4.69, 9.17) is 9.05 Å². The molecule has 0 rings (SSSR count). The second-order valence-corrected chi connectivity index (χ2v) is 23.8. The van der Waals surface area contributed by atoms with E-state index in [1.54, 1.807) is 0 Å². The molecule has 0 aromatic rings. The Morgan fingerprint density at radius 1 is 0.493 bits per heavy atom. The number of rotatable bonds is 57. The van der Waals surface area contributed by atoms with Crippen LogP contribution in [0.3, 0.4) is 0 Å². The van der Waals surface area contributed by atoms with Crippen LogP contribution in [0.2, 0.25) is 0 Å². The van der Waals surface area contributed by atoms with Crippen LogP contribution >= 0.6 is 7.82 Å². The van der Waals surface area contributed by atoms with Crippen molar-refractivity contribution in [3.05, 3.63) is 12.2 Å². The van der Waals surface area contributed by atoms with E-state index in [-0.39, 0.29) is 19.1 Å². The lowest BCUT2D eigenvalue weighted by molar-refractivity contribution is -0.870. The number of phosphoric acid groups is 1. The minimum Gasteiger partial charge on any atom is -0.756 e. The lowest BCUT2D eigenvalue weighted by Crippen LogP contribution is -2.46. The van der Waals surface area contributed by atoms with E-state index < -0.39 is 20.0 Å². The largest absolute Gasteiger partial charge is 0.756 e. The van der Waals surface area contributed by atoms with Gasteiger partial charge < -0.3 is 28.8 Å². The van der Waals surface area contributed by atoms with Gasteiger partial charge in [-0.15, -0.1) is 0 Å². The van der Waals surface area contributed by atoms with E-state index in [9.17, 15) is 19.4 Å². The summed E-state index contributed by atoms with van der Waals surface area (Å²) in [4.78, 5) is 25.6. The second kappa shape index (κ2) is 52.1. The lowest BCUT2D eigenvalue weighted by Gasteiger charge is -2.30. The molecule has 3 unspecified atom stereocenters. The van der Waals surface area contributed by atoms with Crippen molar-refractivity contribution in [3.8, 4) is 0 Å². The minimum atomic E-state index is -4.57. The maximum absolute atomic E-state index is 13.0. The molecule has 0 fully saturated rings. The summed E-state index contributed by atoms with van der Waals surface area (Å²) in [5.74, 6) is -0.158. The normalized spacial score (nSPS) is 13.9. The third-order valence-corrected chi connectivity index (χ3v) is 15.2. The Balaban J connectivity index is 4.05. The average molecular weight is 998 g/mol. The third-order valence-electron chi connectivity index (χ3n) is 14.3. The van der Waals surface area contributed by atoms with Crippen LogP contribution < -0.4 is 10.2 Å². The molecule has 0 spiro atoms. The van der Waals surface area contributed by atoms with E-state index in [0.29, 0.717) is 23.9 Å². The first-order valence-corrected chi connectivity index (χ1v) is 32.0. The van der Waals surface area contributed by atoms with Crippen LogP contribution in [-0.4, -0.2) is 68.5 Å². The Bertz CT molecular complexity index is 1130. The van der Waals surface area contributed by atoms with Gasteiger partial charge in [-0.3, -0.25) is 9.36 Å². The molecule has 0 saturated heterocycles. The van der Waals surface area contributed by atoms with Gasteiger partial charge >= 0.3 is 0 Å². The van der Waals surface area contributed by atoms with E-state index in [0.717, 1.165) is 38.5 Å². The first-order valence-electron chi connectivity index (χ1n) is 30.5. The molecular weight excluding hydrogens is 876 g/mol. The molecule has 0 aromatic heterocycles. The predicted molar refractivity (Wildman–Crippen MR) is 298 cm³/mol. The first-order chi connectivity index (χ1) is 33.5. The Morgan fingerprint density at radius 2 is 0.797 bits per heavy atom. The molecule has 0 aliphatic rings. The number of nitrogens with one attached hydrogen (secondary N) is 1. The SMILES string of the molecule is CCCCCCCCCC/C=C\CCCCCCCCCCCCCCCCCCCC(=O)NC(COP(=O)([O-])OCC[N+](C)(C)C)C(O)CCCCCCCCCCCCCCCCCCCC. The van der Waals surface area contributed by atoms with E-state index >= 15 is 0 Å². The minimum absolute atomic E-state index is 0.0155. The molecule has 0 bridgehead atoms. The van der Waals surface area contributed by atoms with Crippen molar-refractivity contribution in [3.63, 3.8) is 0 Å². The van der Waals surface area contributed by atoms with Crippen LogP contribution in [0.1, 0.15) is 316 Å². The molecule has 0 radical (unpaired) electrons. The number of allylic oxidation sites excluding steroid dienone is 2. The average Bonchev–Trinajstić information content (AvgIpc) is 3.31. The maximum atomic E-state index is 13.0. The van der Waals surface area contributed by atoms with Crippen molar-refractivity contribution in [2.75, 3.05) is 40.9 Å². The lowest BCUT2D eigenvalue weighted by atomic mass is 10.0. The summed E-state index contributed by atoms with van der Waals surface area (Å²) in [5.41, 5.74) is 0. The van der Waals surface area contributed by atoms with Gasteiger partial charge in [-0.1, -0.05) is 283 Å². The smallest absolute Gasteiger partial charge is 0.268 e. The van der Waals surface area contributed by atoms with Crippen molar-refractivity contribution in [1.82, 2.24) is 5.32 Å². The zero-order chi connectivity index (χ0) is 50.6. The highest BCUT2D eigenvalue weighted by atomic mass is 31.2. The van der Waals surface area contributed by atoms with Crippen molar-refractivity contribution in [2.24, 2.45) is 0 Å². The van der Waals surface area contributed by atoms with Gasteiger partial charge in [0.05, 0.1) is 39.9 Å². The van der Waals surface area contributed by atoms with Gasteiger partial charge in [-0.25, -0.2) is 0 Å². The highest BCUT2D eigenvalue weighted by molar-refractivity contribution is 7.45. The summed E-state index contributed by atoms with van der Waals surface area (Å²) in [7, 11) is 1.32. The molecule has 0 aliphatic heterocycles. The number of hydrogen-bond donors (Lipinski definition) is 2. The van der Waals surface area contributed by atoms with Gasteiger partial charge in [0.2, 0.25) is 5.91 Å². The monoisotopic (exact) mass is 997 g/mol. The Hall–Kier alpha value is -0.760. The summed E-state index contributed by atoms with van der Waals surface area (Å²) < 4.78 is 23.4. The fourth-order valence-electron chi connectivity index (χ4n) is 9.45. The van der Waals surface area contributed by atoms with Gasteiger partial charge in [0.1, 0.15) is 13.2 Å². The number of carbonyl (C=O) groups excluding carboxylic acids is 1. The van der Waals surface area contributed by atoms with Crippen molar-refractivity contribution >= 4 is 13.7 Å². The van der Waals surface area contributed by atoms with Crippen LogP contribution in [0.15, 0.2) is 12.2 Å². The maximum Gasteiger partial charge on any atom is 0.268 e. The van der Waals surface area contributed by atoms with Gasteiger partial charge in [-0.05, 0) is 38.5 Å². The Morgan fingerprint density at radius 3 is 1.13 bits per heavy atom. The van der Waals surface area contributed by atoms with Crippen molar-refractivity contribution < 1.29 is 32.9 Å². The molecule has 8 nitrogen and oxygen atoms in total. The summed E-state index contributed by atoms with van der Waals surface area (Å²) in [6, 6.07) is -0.797. The zero-order valence-electron chi connectivity index (χ0n) is 47.0. The summed E-state index contributed by atoms with van der Waals surface area (Å²) >= 11 is 0. The van der Waals surface area contributed by atoms with Crippen molar-refractivity contribution in [2.45, 2.75) is 328 Å². The summed E-state index contributed by atoms with van der Waals surface area (Å²) in [6.45, 7) is 4.77. The second-order valence-electron chi connectivity index (χ2n) is 22.4. The molecule has 3 atom stereocenters. The fraction of sp³-hybridized carbons (Fsp3) is 0.950. The van der Waals surface area contributed by atoms with Crippen LogP contribution in [-0.2, 0) is 18.4 Å². The molecule has 2 N–H and O–H groups in total. The highest BCUT2D eigenvalue weighted by Crippen LogP contribution is 2.38. The predicted octanol–water partition coefficient (Wildman–Crippen LogP) is 18.0. The summed E-state index contributed by atoms with van der Waals surface area (Å²) in [6.07, 6.45) is 64.0. The van der Waals surface area contributed by atoms with Crippen LogP contribution in [0, 0.1) is 0 Å². The molecule has 1 amide bonds. The van der Waals surface area contributed by atoms with Gasteiger partial charge in [-0.2, -0.15) is 0 Å². The number of quaternary nitrogens is 1. The van der Waals surface area contributed by atoms with E-state index in [1.165, 1.54) is 250 Å². The number of phosphoric ester groups is 1. The van der Waals surface area contributed by atoms with Crippen LogP contribution in [0.25, 0.3) is 0 Å². The number of aliphatic hydroxyl groups is 1. The number of carbonyl (C=O) groups is 1. The summed E-state index contributed by atoms with van der Waals surface area (Å²) in [5, 5.41) is 14.0. The molecule has 0 aromatic carbocycles. The van der Waals surface area contributed by atoms with Gasteiger partial charge in [0.25, 0.3) is 7.82 Å². The topological polar surface area (TPSA) is 108 Å². The van der Waals surface area contributed by atoms with Gasteiger partial charge in [0, 0.05) is 6.42 Å². The van der Waals surface area contributed by atoms with Crippen LogP contribution in [0.4, 0.5) is 0 Å². The fourth-order valence-corrected chi connectivity index (χ4v) is 10.2. The van der Waals surface area contributed by atoms with Crippen molar-refractivity contribution in [1.29, 1.82) is 0 Å².